The molecule has 0 saturated carbocycles. The van der Waals surface area contributed by atoms with Crippen LogP contribution in [0.2, 0.25) is 0 Å². The standard InChI is InChI=1S/C9H12BrN3O2/c1-3-15-9(14)6(2)13-8-7(10)4-11-5-12-8/h4-6H,3H2,1-2H3,(H,11,12,13). The molecule has 1 unspecified atom stereocenters. The second-order valence-electron chi connectivity index (χ2n) is 2.84. The Morgan fingerprint density at radius 3 is 3.07 bits per heavy atom. The number of halogens is 1. The number of carbonyl (C=O) groups is 1. The third-order valence-corrected chi connectivity index (χ3v) is 2.24. The van der Waals surface area contributed by atoms with Crippen LogP contribution in [-0.4, -0.2) is 28.6 Å². The lowest BCUT2D eigenvalue weighted by Crippen LogP contribution is -2.28. The summed E-state index contributed by atoms with van der Waals surface area (Å²) < 4.78 is 5.56. The van der Waals surface area contributed by atoms with Crippen LogP contribution in [0.3, 0.4) is 0 Å². The van der Waals surface area contributed by atoms with E-state index in [-0.39, 0.29) is 5.97 Å². The highest BCUT2D eigenvalue weighted by atomic mass is 79.9. The number of hydrogen-bond acceptors (Lipinski definition) is 5. The Balaban J connectivity index is 2.62. The maximum absolute atomic E-state index is 11.3. The minimum absolute atomic E-state index is 0.303. The van der Waals surface area contributed by atoms with Gasteiger partial charge in [0.05, 0.1) is 11.1 Å². The second kappa shape index (κ2) is 5.65. The molecule has 0 saturated heterocycles. The fourth-order valence-electron chi connectivity index (χ4n) is 0.950. The van der Waals surface area contributed by atoms with Crippen molar-refractivity contribution in [1.82, 2.24) is 9.97 Å². The first-order valence-corrected chi connectivity index (χ1v) is 5.33. The predicted molar refractivity (Wildman–Crippen MR) is 59.4 cm³/mol. The lowest BCUT2D eigenvalue weighted by atomic mass is 10.3. The molecule has 0 amide bonds. The lowest BCUT2D eigenvalue weighted by molar-refractivity contribution is -0.143. The van der Waals surface area contributed by atoms with Crippen LogP contribution in [0.4, 0.5) is 5.82 Å². The van der Waals surface area contributed by atoms with Gasteiger partial charge in [0.1, 0.15) is 18.2 Å². The van der Waals surface area contributed by atoms with E-state index in [1.54, 1.807) is 20.0 Å². The van der Waals surface area contributed by atoms with Crippen LogP contribution in [0.5, 0.6) is 0 Å². The molecule has 1 aromatic heterocycles. The Morgan fingerprint density at radius 1 is 1.73 bits per heavy atom. The number of rotatable bonds is 4. The molecule has 0 aliphatic carbocycles. The molecule has 0 bridgehead atoms. The minimum atomic E-state index is -0.434. The molecule has 5 nitrogen and oxygen atoms in total. The first-order valence-electron chi connectivity index (χ1n) is 4.53. The Morgan fingerprint density at radius 2 is 2.47 bits per heavy atom. The van der Waals surface area contributed by atoms with Gasteiger partial charge in [0.25, 0.3) is 0 Å². The van der Waals surface area contributed by atoms with E-state index in [0.717, 1.165) is 0 Å². The lowest BCUT2D eigenvalue weighted by Gasteiger charge is -2.13. The van der Waals surface area contributed by atoms with Crippen LogP contribution in [0.15, 0.2) is 17.0 Å². The van der Waals surface area contributed by atoms with Gasteiger partial charge in [-0.25, -0.2) is 14.8 Å². The first kappa shape index (κ1) is 11.9. The molecule has 1 heterocycles. The highest BCUT2D eigenvalue weighted by Gasteiger charge is 2.15. The van der Waals surface area contributed by atoms with Crippen molar-refractivity contribution >= 4 is 27.7 Å². The number of ether oxygens (including phenoxy) is 1. The summed E-state index contributed by atoms with van der Waals surface area (Å²) in [5, 5.41) is 2.92. The largest absolute Gasteiger partial charge is 0.464 e. The molecule has 1 atom stereocenters. The molecule has 0 radical (unpaired) electrons. The summed E-state index contributed by atoms with van der Waals surface area (Å²) in [7, 11) is 0. The monoisotopic (exact) mass is 273 g/mol. The van der Waals surface area contributed by atoms with Gasteiger partial charge >= 0.3 is 5.97 Å². The maximum Gasteiger partial charge on any atom is 0.328 e. The van der Waals surface area contributed by atoms with Gasteiger partial charge in [-0.15, -0.1) is 0 Å². The summed E-state index contributed by atoms with van der Waals surface area (Å²) in [4.78, 5) is 19.1. The van der Waals surface area contributed by atoms with Crippen LogP contribution in [0.1, 0.15) is 13.8 Å². The van der Waals surface area contributed by atoms with Crippen LogP contribution >= 0.6 is 15.9 Å². The van der Waals surface area contributed by atoms with Gasteiger partial charge in [-0.3, -0.25) is 0 Å². The summed E-state index contributed by atoms with van der Waals surface area (Å²) in [6, 6.07) is -0.434. The number of anilines is 1. The van der Waals surface area contributed by atoms with Crippen molar-refractivity contribution in [3.05, 3.63) is 17.0 Å². The van der Waals surface area contributed by atoms with E-state index in [1.807, 2.05) is 0 Å². The summed E-state index contributed by atoms with van der Waals surface area (Å²) in [5.74, 6) is 0.272. The number of esters is 1. The zero-order valence-corrected chi connectivity index (χ0v) is 10.1. The van der Waals surface area contributed by atoms with Crippen LogP contribution in [0, 0.1) is 0 Å². The summed E-state index contributed by atoms with van der Waals surface area (Å²) in [6.45, 7) is 3.85. The molecule has 82 valence electrons. The van der Waals surface area contributed by atoms with E-state index in [9.17, 15) is 4.79 Å². The van der Waals surface area contributed by atoms with E-state index in [4.69, 9.17) is 4.74 Å². The molecular weight excluding hydrogens is 262 g/mol. The Labute approximate surface area is 96.4 Å². The van der Waals surface area contributed by atoms with E-state index in [2.05, 4.69) is 31.2 Å². The first-order chi connectivity index (χ1) is 7.15. The topological polar surface area (TPSA) is 64.1 Å². The fourth-order valence-corrected chi connectivity index (χ4v) is 1.29. The summed E-state index contributed by atoms with van der Waals surface area (Å²) in [5.41, 5.74) is 0. The number of carbonyl (C=O) groups excluding carboxylic acids is 1. The van der Waals surface area contributed by atoms with Crippen LogP contribution < -0.4 is 5.32 Å². The van der Waals surface area contributed by atoms with Gasteiger partial charge in [-0.2, -0.15) is 0 Å². The zero-order chi connectivity index (χ0) is 11.3. The normalized spacial score (nSPS) is 11.9. The van der Waals surface area contributed by atoms with Crippen LogP contribution in [-0.2, 0) is 9.53 Å². The summed E-state index contributed by atoms with van der Waals surface area (Å²) in [6.07, 6.45) is 3.01. The molecule has 1 rings (SSSR count). The molecule has 15 heavy (non-hydrogen) atoms. The Bertz CT molecular complexity index is 346. The molecular formula is C9H12BrN3O2. The van der Waals surface area contributed by atoms with Crippen molar-refractivity contribution in [2.45, 2.75) is 19.9 Å². The highest BCUT2D eigenvalue weighted by molar-refractivity contribution is 9.10. The van der Waals surface area contributed by atoms with Crippen molar-refractivity contribution in [3.8, 4) is 0 Å². The number of nitrogens with zero attached hydrogens (tertiary/aromatic N) is 2. The number of nitrogens with one attached hydrogen (secondary N) is 1. The van der Waals surface area contributed by atoms with E-state index < -0.39 is 6.04 Å². The van der Waals surface area contributed by atoms with Crippen molar-refractivity contribution in [3.63, 3.8) is 0 Å². The van der Waals surface area contributed by atoms with Gasteiger partial charge in [0.15, 0.2) is 0 Å². The van der Waals surface area contributed by atoms with Gasteiger partial charge < -0.3 is 10.1 Å². The van der Waals surface area contributed by atoms with Crippen molar-refractivity contribution in [2.75, 3.05) is 11.9 Å². The predicted octanol–water partition coefficient (Wildman–Crippen LogP) is 1.60. The molecule has 0 aromatic carbocycles. The van der Waals surface area contributed by atoms with E-state index in [0.29, 0.717) is 16.9 Å². The average molecular weight is 274 g/mol. The average Bonchev–Trinajstić information content (AvgIpc) is 2.21. The van der Waals surface area contributed by atoms with Crippen LogP contribution in [0.25, 0.3) is 0 Å². The third-order valence-electron chi connectivity index (χ3n) is 1.66. The van der Waals surface area contributed by atoms with Crippen molar-refractivity contribution in [2.24, 2.45) is 0 Å². The maximum atomic E-state index is 11.3. The SMILES string of the molecule is CCOC(=O)C(C)Nc1ncncc1Br. The van der Waals surface area contributed by atoms with E-state index >= 15 is 0 Å². The fraction of sp³-hybridized carbons (Fsp3) is 0.444. The molecule has 0 fully saturated rings. The van der Waals surface area contributed by atoms with E-state index in [1.165, 1.54) is 6.33 Å². The second-order valence-corrected chi connectivity index (χ2v) is 3.69. The molecule has 1 aromatic rings. The van der Waals surface area contributed by atoms with Gasteiger partial charge in [-0.05, 0) is 29.8 Å². The number of aromatic nitrogens is 2. The van der Waals surface area contributed by atoms with Gasteiger partial charge in [0.2, 0.25) is 0 Å². The minimum Gasteiger partial charge on any atom is -0.464 e. The van der Waals surface area contributed by atoms with Gasteiger partial charge in [-0.1, -0.05) is 0 Å². The smallest absolute Gasteiger partial charge is 0.328 e. The molecule has 1 N–H and O–H groups in total. The van der Waals surface area contributed by atoms with Crippen molar-refractivity contribution < 1.29 is 9.53 Å². The zero-order valence-electron chi connectivity index (χ0n) is 8.53. The third kappa shape index (κ3) is 3.47. The Kier molecular flexibility index (Phi) is 4.48. The molecule has 6 heteroatoms. The Hall–Kier alpha value is -1.17. The highest BCUT2D eigenvalue weighted by Crippen LogP contribution is 2.17. The quantitative estimate of drug-likeness (QED) is 0.845. The molecule has 0 aliphatic heterocycles. The van der Waals surface area contributed by atoms with Crippen molar-refractivity contribution in [1.29, 1.82) is 0 Å². The van der Waals surface area contributed by atoms with Gasteiger partial charge in [0, 0.05) is 6.20 Å². The molecule has 0 spiro atoms. The molecule has 0 aliphatic rings. The number of hydrogen-bond donors (Lipinski definition) is 1. The summed E-state index contributed by atoms with van der Waals surface area (Å²) >= 11 is 3.27.